The van der Waals surface area contributed by atoms with Crippen LogP contribution in [0.25, 0.3) is 0 Å². The molecule has 0 radical (unpaired) electrons. The second-order valence-corrected chi connectivity index (χ2v) is 6.11. The van der Waals surface area contributed by atoms with Crippen molar-refractivity contribution in [2.45, 2.75) is 26.7 Å². The SMILES string of the molecule is CC(C)(CN)CCCN1CCOc2ccccc2C1=O. The van der Waals surface area contributed by atoms with Crippen molar-refractivity contribution in [3.05, 3.63) is 29.8 Å². The number of carbonyl (C=O) groups excluding carboxylic acids is 1. The molecular formula is C16H24N2O2. The highest BCUT2D eigenvalue weighted by molar-refractivity contribution is 5.97. The van der Waals surface area contributed by atoms with Crippen LogP contribution in [0.15, 0.2) is 24.3 Å². The Balaban J connectivity index is 1.98. The summed E-state index contributed by atoms with van der Waals surface area (Å²) in [5, 5.41) is 0. The molecule has 1 aliphatic rings. The minimum atomic E-state index is 0.0728. The van der Waals surface area contributed by atoms with E-state index in [0.29, 0.717) is 31.0 Å². The van der Waals surface area contributed by atoms with E-state index in [9.17, 15) is 4.79 Å². The molecule has 4 nitrogen and oxygen atoms in total. The summed E-state index contributed by atoms with van der Waals surface area (Å²) >= 11 is 0. The highest BCUT2D eigenvalue weighted by Gasteiger charge is 2.23. The van der Waals surface area contributed by atoms with E-state index in [2.05, 4.69) is 13.8 Å². The summed E-state index contributed by atoms with van der Waals surface area (Å²) in [6.45, 7) is 6.97. The first-order chi connectivity index (χ1) is 9.53. The Morgan fingerprint density at radius 2 is 2.10 bits per heavy atom. The molecule has 2 N–H and O–H groups in total. The van der Waals surface area contributed by atoms with Crippen LogP contribution in [0.5, 0.6) is 5.75 Å². The average Bonchev–Trinajstić information content (AvgIpc) is 2.60. The minimum Gasteiger partial charge on any atom is -0.491 e. The summed E-state index contributed by atoms with van der Waals surface area (Å²) in [6, 6.07) is 7.46. The zero-order valence-electron chi connectivity index (χ0n) is 12.4. The molecule has 0 bridgehead atoms. The smallest absolute Gasteiger partial charge is 0.257 e. The summed E-state index contributed by atoms with van der Waals surface area (Å²) in [5.74, 6) is 0.769. The van der Waals surface area contributed by atoms with E-state index in [4.69, 9.17) is 10.5 Å². The van der Waals surface area contributed by atoms with Crippen LogP contribution in [0.4, 0.5) is 0 Å². The van der Waals surface area contributed by atoms with Gasteiger partial charge in [-0.15, -0.1) is 0 Å². The van der Waals surface area contributed by atoms with Crippen LogP contribution < -0.4 is 10.5 Å². The number of ether oxygens (including phenoxy) is 1. The third-order valence-corrected chi connectivity index (χ3v) is 3.86. The maximum Gasteiger partial charge on any atom is 0.257 e. The number of carbonyl (C=O) groups is 1. The Labute approximate surface area is 120 Å². The molecule has 1 heterocycles. The number of rotatable bonds is 5. The Morgan fingerprint density at radius 1 is 1.35 bits per heavy atom. The van der Waals surface area contributed by atoms with Gasteiger partial charge < -0.3 is 15.4 Å². The van der Waals surface area contributed by atoms with Gasteiger partial charge >= 0.3 is 0 Å². The molecule has 1 amide bonds. The highest BCUT2D eigenvalue weighted by Crippen LogP contribution is 2.24. The number of para-hydroxylation sites is 1. The molecule has 1 aromatic rings. The van der Waals surface area contributed by atoms with Gasteiger partial charge in [0.05, 0.1) is 12.1 Å². The Morgan fingerprint density at radius 3 is 2.85 bits per heavy atom. The highest BCUT2D eigenvalue weighted by atomic mass is 16.5. The molecule has 0 aromatic heterocycles. The van der Waals surface area contributed by atoms with Crippen LogP contribution >= 0.6 is 0 Å². The van der Waals surface area contributed by atoms with E-state index in [1.165, 1.54) is 0 Å². The predicted octanol–water partition coefficient (Wildman–Crippen LogP) is 2.29. The molecular weight excluding hydrogens is 252 g/mol. The lowest BCUT2D eigenvalue weighted by Crippen LogP contribution is -2.34. The molecule has 2 rings (SSSR count). The number of nitrogens with two attached hydrogens (primary N) is 1. The quantitative estimate of drug-likeness (QED) is 0.897. The van der Waals surface area contributed by atoms with Gasteiger partial charge in [-0.2, -0.15) is 0 Å². The molecule has 4 heteroatoms. The Hall–Kier alpha value is -1.55. The predicted molar refractivity (Wildman–Crippen MR) is 79.9 cm³/mol. The van der Waals surface area contributed by atoms with Gasteiger partial charge in [-0.1, -0.05) is 26.0 Å². The normalized spacial score (nSPS) is 15.6. The van der Waals surface area contributed by atoms with Crippen LogP contribution in [0, 0.1) is 5.41 Å². The van der Waals surface area contributed by atoms with Gasteiger partial charge in [0.1, 0.15) is 12.4 Å². The summed E-state index contributed by atoms with van der Waals surface area (Å²) in [4.78, 5) is 14.4. The molecule has 0 saturated heterocycles. The lowest BCUT2D eigenvalue weighted by atomic mass is 9.88. The summed E-state index contributed by atoms with van der Waals surface area (Å²) < 4.78 is 5.64. The van der Waals surface area contributed by atoms with Crippen molar-refractivity contribution < 1.29 is 9.53 Å². The third-order valence-electron chi connectivity index (χ3n) is 3.86. The van der Waals surface area contributed by atoms with Crippen molar-refractivity contribution in [2.75, 3.05) is 26.2 Å². The maximum atomic E-state index is 12.5. The van der Waals surface area contributed by atoms with Crippen LogP contribution in [0.2, 0.25) is 0 Å². The van der Waals surface area contributed by atoms with Crippen molar-refractivity contribution in [3.8, 4) is 5.75 Å². The fourth-order valence-electron chi connectivity index (χ4n) is 2.37. The number of hydrogen-bond acceptors (Lipinski definition) is 3. The minimum absolute atomic E-state index is 0.0728. The number of benzene rings is 1. The molecule has 0 aliphatic carbocycles. The zero-order valence-corrected chi connectivity index (χ0v) is 12.4. The lowest BCUT2D eigenvalue weighted by Gasteiger charge is -2.25. The topological polar surface area (TPSA) is 55.6 Å². The van der Waals surface area contributed by atoms with Crippen LogP contribution in [0.3, 0.4) is 0 Å². The van der Waals surface area contributed by atoms with E-state index < -0.39 is 0 Å². The Bertz CT molecular complexity index is 471. The molecule has 0 fully saturated rings. The number of nitrogens with zero attached hydrogens (tertiary/aromatic N) is 1. The third kappa shape index (κ3) is 3.51. The fraction of sp³-hybridized carbons (Fsp3) is 0.562. The van der Waals surface area contributed by atoms with Gasteiger partial charge in [0.25, 0.3) is 5.91 Å². The van der Waals surface area contributed by atoms with Crippen molar-refractivity contribution >= 4 is 5.91 Å². The second-order valence-electron chi connectivity index (χ2n) is 6.11. The van der Waals surface area contributed by atoms with Gasteiger partial charge in [-0.05, 0) is 36.9 Å². The largest absolute Gasteiger partial charge is 0.491 e. The van der Waals surface area contributed by atoms with Gasteiger partial charge in [0.15, 0.2) is 0 Å². The fourth-order valence-corrected chi connectivity index (χ4v) is 2.37. The number of hydrogen-bond donors (Lipinski definition) is 1. The first-order valence-electron chi connectivity index (χ1n) is 7.25. The standard InChI is InChI=1S/C16H24N2O2/c1-16(2,12-17)8-5-9-18-10-11-20-14-7-4-3-6-13(14)15(18)19/h3-4,6-7H,5,8-12,17H2,1-2H3. The number of amides is 1. The van der Waals surface area contributed by atoms with Gasteiger partial charge in [-0.3, -0.25) is 4.79 Å². The molecule has 110 valence electrons. The van der Waals surface area contributed by atoms with E-state index in [-0.39, 0.29) is 11.3 Å². The average molecular weight is 276 g/mol. The molecule has 1 aromatic carbocycles. The van der Waals surface area contributed by atoms with Gasteiger partial charge in [-0.25, -0.2) is 0 Å². The second kappa shape index (κ2) is 6.27. The first kappa shape index (κ1) is 14.9. The zero-order chi connectivity index (χ0) is 14.6. The van der Waals surface area contributed by atoms with E-state index >= 15 is 0 Å². The summed E-state index contributed by atoms with van der Waals surface area (Å²) in [6.07, 6.45) is 1.99. The van der Waals surface area contributed by atoms with E-state index in [1.54, 1.807) is 0 Å². The molecule has 0 unspecified atom stereocenters. The molecule has 0 saturated carbocycles. The van der Waals surface area contributed by atoms with E-state index in [1.807, 2.05) is 29.2 Å². The van der Waals surface area contributed by atoms with Crippen LogP contribution in [-0.2, 0) is 0 Å². The summed E-state index contributed by atoms with van der Waals surface area (Å²) in [5.41, 5.74) is 6.55. The van der Waals surface area contributed by atoms with Crippen LogP contribution in [-0.4, -0.2) is 37.0 Å². The number of fused-ring (bicyclic) bond motifs is 1. The van der Waals surface area contributed by atoms with Gasteiger partial charge in [0, 0.05) is 6.54 Å². The monoisotopic (exact) mass is 276 g/mol. The van der Waals surface area contributed by atoms with Crippen molar-refractivity contribution in [2.24, 2.45) is 11.1 Å². The van der Waals surface area contributed by atoms with Crippen molar-refractivity contribution in [1.29, 1.82) is 0 Å². The maximum absolute atomic E-state index is 12.5. The first-order valence-corrected chi connectivity index (χ1v) is 7.25. The van der Waals surface area contributed by atoms with Gasteiger partial charge in [0.2, 0.25) is 0 Å². The van der Waals surface area contributed by atoms with E-state index in [0.717, 1.165) is 19.4 Å². The Kier molecular flexibility index (Phi) is 4.65. The lowest BCUT2D eigenvalue weighted by molar-refractivity contribution is 0.0747. The van der Waals surface area contributed by atoms with Crippen molar-refractivity contribution in [1.82, 2.24) is 4.90 Å². The molecule has 20 heavy (non-hydrogen) atoms. The molecule has 0 spiro atoms. The summed E-state index contributed by atoms with van der Waals surface area (Å²) in [7, 11) is 0. The van der Waals surface area contributed by atoms with Crippen LogP contribution in [0.1, 0.15) is 37.0 Å². The van der Waals surface area contributed by atoms with Crippen molar-refractivity contribution in [3.63, 3.8) is 0 Å². The molecule has 0 atom stereocenters. The molecule has 1 aliphatic heterocycles.